The molecule has 0 unspecified atom stereocenters. The minimum absolute atomic E-state index is 0.401. The average molecular weight is 456 g/mol. The van der Waals surface area contributed by atoms with Crippen molar-refractivity contribution in [1.82, 2.24) is 19.9 Å². The summed E-state index contributed by atoms with van der Waals surface area (Å²) >= 11 is 0. The van der Waals surface area contributed by atoms with E-state index in [0.29, 0.717) is 29.3 Å². The van der Waals surface area contributed by atoms with Gasteiger partial charge >= 0.3 is 0 Å². The maximum Gasteiger partial charge on any atom is 0.249 e. The van der Waals surface area contributed by atoms with Gasteiger partial charge in [-0.05, 0) is 36.4 Å². The third-order valence-corrected chi connectivity index (χ3v) is 5.81. The van der Waals surface area contributed by atoms with Gasteiger partial charge in [0.2, 0.25) is 5.91 Å². The molecule has 0 aliphatic carbocycles. The molecular formula is C26H25N5O3. The molecule has 0 saturated carbocycles. The smallest absolute Gasteiger partial charge is 0.249 e. The molecule has 8 nitrogen and oxygen atoms in total. The second-order valence-corrected chi connectivity index (χ2v) is 8.03. The molecule has 4 aromatic rings. The van der Waals surface area contributed by atoms with E-state index in [1.54, 1.807) is 24.5 Å². The van der Waals surface area contributed by atoms with Gasteiger partial charge in [0, 0.05) is 54.1 Å². The monoisotopic (exact) mass is 455 g/mol. The highest BCUT2D eigenvalue weighted by Crippen LogP contribution is 2.33. The van der Waals surface area contributed by atoms with Gasteiger partial charge < -0.3 is 15.2 Å². The molecule has 2 aromatic carbocycles. The lowest BCUT2D eigenvalue weighted by Gasteiger charge is -2.26. The van der Waals surface area contributed by atoms with Gasteiger partial charge in [-0.2, -0.15) is 0 Å². The van der Waals surface area contributed by atoms with Crippen LogP contribution < -0.4 is 10.5 Å². The molecule has 3 heterocycles. The summed E-state index contributed by atoms with van der Waals surface area (Å²) in [6.45, 7) is 4.74. The van der Waals surface area contributed by atoms with Crippen molar-refractivity contribution in [1.29, 1.82) is 0 Å². The molecule has 0 bridgehead atoms. The molecule has 2 N–H and O–H groups in total. The lowest BCUT2D eigenvalue weighted by molar-refractivity contribution is 0.0322. The Balaban J connectivity index is 1.55. The molecule has 1 amide bonds. The standard InChI is InChI=1S/C26H25N5O3/c27-25(32)21-6-2-1-5-20(21)24-22-16-19(34-15-12-31-10-13-33-14-11-31)7-8-23(22)29-26(30-24)18-4-3-9-28-17-18/h1-9,16-17H,10-15H2,(H2,27,32). The zero-order valence-electron chi connectivity index (χ0n) is 18.7. The van der Waals surface area contributed by atoms with Gasteiger partial charge in [0.15, 0.2) is 5.82 Å². The van der Waals surface area contributed by atoms with Gasteiger partial charge in [-0.15, -0.1) is 0 Å². The van der Waals surface area contributed by atoms with Crippen molar-refractivity contribution in [3.63, 3.8) is 0 Å². The summed E-state index contributed by atoms with van der Waals surface area (Å²) < 4.78 is 11.5. The summed E-state index contributed by atoms with van der Waals surface area (Å²) in [5, 5.41) is 0.783. The summed E-state index contributed by atoms with van der Waals surface area (Å²) in [7, 11) is 0. The van der Waals surface area contributed by atoms with Crippen molar-refractivity contribution in [3.05, 3.63) is 72.6 Å². The quantitative estimate of drug-likeness (QED) is 0.456. The van der Waals surface area contributed by atoms with E-state index >= 15 is 0 Å². The number of hydrogen-bond acceptors (Lipinski definition) is 7. The van der Waals surface area contributed by atoms with Crippen LogP contribution in [0.5, 0.6) is 5.75 Å². The summed E-state index contributed by atoms with van der Waals surface area (Å²) in [6, 6.07) is 16.7. The highest BCUT2D eigenvalue weighted by atomic mass is 16.5. The minimum atomic E-state index is -0.511. The van der Waals surface area contributed by atoms with Crippen LogP contribution in [-0.4, -0.2) is 65.2 Å². The number of hydrogen-bond donors (Lipinski definition) is 1. The Kier molecular flexibility index (Phi) is 6.42. The van der Waals surface area contributed by atoms with E-state index in [1.807, 2.05) is 42.5 Å². The van der Waals surface area contributed by atoms with Crippen molar-refractivity contribution >= 4 is 16.8 Å². The van der Waals surface area contributed by atoms with Crippen molar-refractivity contribution in [2.75, 3.05) is 39.5 Å². The second kappa shape index (κ2) is 9.94. The first-order valence-electron chi connectivity index (χ1n) is 11.2. The van der Waals surface area contributed by atoms with E-state index in [-0.39, 0.29) is 0 Å². The largest absolute Gasteiger partial charge is 0.492 e. The Labute approximate surface area is 197 Å². The molecule has 5 rings (SSSR count). The Morgan fingerprint density at radius 2 is 1.91 bits per heavy atom. The van der Waals surface area contributed by atoms with Crippen molar-refractivity contribution in [3.8, 4) is 28.4 Å². The number of aromatic nitrogens is 3. The number of carbonyl (C=O) groups excluding carboxylic acids is 1. The summed E-state index contributed by atoms with van der Waals surface area (Å²) in [5.74, 6) is 0.732. The van der Waals surface area contributed by atoms with Gasteiger partial charge in [-0.1, -0.05) is 18.2 Å². The van der Waals surface area contributed by atoms with Crippen LogP contribution in [-0.2, 0) is 4.74 Å². The molecule has 2 aromatic heterocycles. The van der Waals surface area contributed by atoms with E-state index in [1.165, 1.54) is 0 Å². The Hall–Kier alpha value is -3.88. The molecule has 0 spiro atoms. The number of nitrogens with zero attached hydrogens (tertiary/aromatic N) is 4. The molecule has 0 radical (unpaired) electrons. The molecule has 172 valence electrons. The molecule has 1 saturated heterocycles. The fraction of sp³-hybridized carbons (Fsp3) is 0.231. The minimum Gasteiger partial charge on any atom is -0.492 e. The third-order valence-electron chi connectivity index (χ3n) is 5.81. The fourth-order valence-corrected chi connectivity index (χ4v) is 4.05. The van der Waals surface area contributed by atoms with Gasteiger partial charge in [-0.25, -0.2) is 9.97 Å². The number of fused-ring (bicyclic) bond motifs is 1. The third kappa shape index (κ3) is 4.73. The van der Waals surface area contributed by atoms with E-state index < -0.39 is 5.91 Å². The van der Waals surface area contributed by atoms with Crippen LogP contribution in [0.15, 0.2) is 67.0 Å². The number of carbonyl (C=O) groups is 1. The topological polar surface area (TPSA) is 103 Å². The van der Waals surface area contributed by atoms with Crippen LogP contribution in [0.2, 0.25) is 0 Å². The second-order valence-electron chi connectivity index (χ2n) is 8.03. The SMILES string of the molecule is NC(=O)c1ccccc1-c1nc(-c2cccnc2)nc2ccc(OCCN3CCOCC3)cc12. The molecular weight excluding hydrogens is 430 g/mol. The maximum absolute atomic E-state index is 12.2. The molecule has 1 aliphatic heterocycles. The van der Waals surface area contributed by atoms with Gasteiger partial charge in [0.05, 0.1) is 24.4 Å². The van der Waals surface area contributed by atoms with E-state index in [0.717, 1.165) is 55.1 Å². The summed E-state index contributed by atoms with van der Waals surface area (Å²) in [5.41, 5.74) is 8.88. The van der Waals surface area contributed by atoms with Crippen LogP contribution in [0.1, 0.15) is 10.4 Å². The number of ether oxygens (including phenoxy) is 2. The number of primary amides is 1. The van der Waals surface area contributed by atoms with E-state index in [9.17, 15) is 4.79 Å². The Morgan fingerprint density at radius 3 is 2.71 bits per heavy atom. The van der Waals surface area contributed by atoms with Crippen LogP contribution in [0.3, 0.4) is 0 Å². The van der Waals surface area contributed by atoms with Crippen LogP contribution in [0.25, 0.3) is 33.5 Å². The van der Waals surface area contributed by atoms with Crippen molar-refractivity contribution in [2.45, 2.75) is 0 Å². The average Bonchev–Trinajstić information content (AvgIpc) is 2.89. The zero-order valence-corrected chi connectivity index (χ0v) is 18.7. The fourth-order valence-electron chi connectivity index (χ4n) is 4.05. The zero-order chi connectivity index (χ0) is 23.3. The summed E-state index contributed by atoms with van der Waals surface area (Å²) in [6.07, 6.45) is 3.42. The lowest BCUT2D eigenvalue weighted by Crippen LogP contribution is -2.38. The normalized spacial score (nSPS) is 14.2. The summed E-state index contributed by atoms with van der Waals surface area (Å²) in [4.78, 5) is 28.3. The molecule has 1 aliphatic rings. The van der Waals surface area contributed by atoms with Gasteiger partial charge in [0.25, 0.3) is 0 Å². The number of rotatable bonds is 7. The first-order chi connectivity index (χ1) is 16.7. The first-order valence-corrected chi connectivity index (χ1v) is 11.2. The van der Waals surface area contributed by atoms with Crippen molar-refractivity contribution < 1.29 is 14.3 Å². The van der Waals surface area contributed by atoms with E-state index in [4.69, 9.17) is 25.2 Å². The molecule has 34 heavy (non-hydrogen) atoms. The van der Waals surface area contributed by atoms with Gasteiger partial charge in [0.1, 0.15) is 12.4 Å². The number of benzene rings is 2. The highest BCUT2D eigenvalue weighted by Gasteiger charge is 2.17. The molecule has 8 heteroatoms. The number of pyridine rings is 1. The van der Waals surface area contributed by atoms with Crippen LogP contribution in [0, 0.1) is 0 Å². The predicted molar refractivity (Wildman–Crippen MR) is 129 cm³/mol. The number of amides is 1. The molecule has 1 fully saturated rings. The Bertz CT molecular complexity index is 1310. The van der Waals surface area contributed by atoms with Crippen LogP contribution >= 0.6 is 0 Å². The maximum atomic E-state index is 12.2. The van der Waals surface area contributed by atoms with Crippen LogP contribution in [0.4, 0.5) is 0 Å². The number of nitrogens with two attached hydrogens (primary N) is 1. The Morgan fingerprint density at radius 1 is 1.06 bits per heavy atom. The van der Waals surface area contributed by atoms with Crippen molar-refractivity contribution in [2.24, 2.45) is 5.73 Å². The number of morpholine rings is 1. The van der Waals surface area contributed by atoms with Gasteiger partial charge in [-0.3, -0.25) is 14.7 Å². The predicted octanol–water partition coefficient (Wildman–Crippen LogP) is 3.17. The van der Waals surface area contributed by atoms with E-state index in [2.05, 4.69) is 9.88 Å². The molecule has 0 atom stereocenters. The lowest BCUT2D eigenvalue weighted by atomic mass is 10.00. The first kappa shape index (κ1) is 21.9. The highest BCUT2D eigenvalue weighted by molar-refractivity contribution is 6.04.